The van der Waals surface area contributed by atoms with Crippen LogP contribution in [0.4, 0.5) is 0 Å². The molecule has 0 amide bonds. The Morgan fingerprint density at radius 3 is 2.88 bits per heavy atom. The monoisotopic (exact) mass is 234 g/mol. The normalized spacial score (nSPS) is 42.2. The van der Waals surface area contributed by atoms with Crippen molar-refractivity contribution in [2.45, 2.75) is 25.9 Å². The molecule has 92 valence electrons. The van der Waals surface area contributed by atoms with Crippen molar-refractivity contribution in [2.75, 3.05) is 6.61 Å². The fourth-order valence-corrected chi connectivity index (χ4v) is 3.80. The van der Waals surface area contributed by atoms with Crippen LogP contribution in [0.15, 0.2) is 24.5 Å². The number of allylic oxidation sites excluding steroid dienone is 1. The molecule has 2 saturated carbocycles. The van der Waals surface area contributed by atoms with Crippen molar-refractivity contribution in [2.24, 2.45) is 23.7 Å². The van der Waals surface area contributed by atoms with Gasteiger partial charge in [-0.15, -0.1) is 0 Å². The van der Waals surface area contributed by atoms with Crippen LogP contribution in [-0.4, -0.2) is 18.7 Å². The third-order valence-corrected chi connectivity index (χ3v) is 4.56. The second-order valence-corrected chi connectivity index (χ2v) is 5.59. The average molecular weight is 234 g/mol. The quantitative estimate of drug-likeness (QED) is 0.543. The Labute approximate surface area is 101 Å². The first-order chi connectivity index (χ1) is 8.08. The van der Waals surface area contributed by atoms with Crippen molar-refractivity contribution in [3.63, 3.8) is 0 Å². The minimum absolute atomic E-state index is 0.0453. The molecule has 1 heterocycles. The Kier molecular flexibility index (Phi) is 2.32. The van der Waals surface area contributed by atoms with Crippen LogP contribution in [0.5, 0.6) is 0 Å². The molecule has 3 nitrogen and oxygen atoms in total. The first-order valence-electron chi connectivity index (χ1n) is 6.26. The van der Waals surface area contributed by atoms with Gasteiger partial charge in [0.15, 0.2) is 0 Å². The van der Waals surface area contributed by atoms with Crippen molar-refractivity contribution in [1.29, 1.82) is 0 Å². The van der Waals surface area contributed by atoms with E-state index in [-0.39, 0.29) is 12.1 Å². The van der Waals surface area contributed by atoms with Crippen molar-refractivity contribution in [3.8, 4) is 0 Å². The molecule has 3 aliphatic rings. The summed E-state index contributed by atoms with van der Waals surface area (Å²) in [5, 5.41) is 0. The zero-order valence-electron chi connectivity index (χ0n) is 10.1. The summed E-state index contributed by atoms with van der Waals surface area (Å²) in [4.78, 5) is 11.6. The van der Waals surface area contributed by atoms with Crippen LogP contribution in [0, 0.1) is 23.7 Å². The van der Waals surface area contributed by atoms with Crippen molar-refractivity contribution in [1.82, 2.24) is 0 Å². The largest absolute Gasteiger partial charge is 0.498 e. The number of carbonyl (C=O) groups excluding carboxylic acids is 1. The number of hydrogen-bond donors (Lipinski definition) is 0. The predicted molar refractivity (Wildman–Crippen MR) is 63.0 cm³/mol. The summed E-state index contributed by atoms with van der Waals surface area (Å²) in [7, 11) is 0. The van der Waals surface area contributed by atoms with Crippen molar-refractivity contribution in [3.05, 3.63) is 24.5 Å². The van der Waals surface area contributed by atoms with Gasteiger partial charge in [-0.05, 0) is 25.7 Å². The lowest BCUT2D eigenvalue weighted by molar-refractivity contribution is -0.147. The lowest BCUT2D eigenvalue weighted by atomic mass is 9.79. The minimum Gasteiger partial charge on any atom is -0.498 e. The van der Waals surface area contributed by atoms with Crippen LogP contribution in [-0.2, 0) is 14.3 Å². The van der Waals surface area contributed by atoms with Gasteiger partial charge in [-0.3, -0.25) is 0 Å². The van der Waals surface area contributed by atoms with Gasteiger partial charge >= 0.3 is 5.97 Å². The molecule has 3 fully saturated rings. The van der Waals surface area contributed by atoms with E-state index >= 15 is 0 Å². The van der Waals surface area contributed by atoms with Gasteiger partial charge in [0.2, 0.25) is 0 Å². The molecule has 2 bridgehead atoms. The highest BCUT2D eigenvalue weighted by molar-refractivity contribution is 5.87. The van der Waals surface area contributed by atoms with E-state index in [0.717, 1.165) is 25.2 Å². The third kappa shape index (κ3) is 1.52. The fraction of sp³-hybridized carbons (Fsp3) is 0.643. The highest BCUT2D eigenvalue weighted by Crippen LogP contribution is 2.58. The van der Waals surface area contributed by atoms with Gasteiger partial charge in [0, 0.05) is 23.3 Å². The summed E-state index contributed by atoms with van der Waals surface area (Å²) in [5.41, 5.74) is 0.478. The van der Waals surface area contributed by atoms with E-state index in [1.165, 1.54) is 0 Å². The molecule has 5 unspecified atom stereocenters. The van der Waals surface area contributed by atoms with Crippen molar-refractivity contribution >= 4 is 5.97 Å². The Balaban J connectivity index is 1.73. The molecular formula is C14H18O3. The topological polar surface area (TPSA) is 35.5 Å². The van der Waals surface area contributed by atoms with E-state index in [1.807, 2.05) is 0 Å². The summed E-state index contributed by atoms with van der Waals surface area (Å²) in [6.45, 7) is 10.1. The predicted octanol–water partition coefficient (Wildman–Crippen LogP) is 2.29. The maximum Gasteiger partial charge on any atom is 0.333 e. The molecule has 0 spiro atoms. The van der Waals surface area contributed by atoms with E-state index in [1.54, 1.807) is 6.92 Å². The number of ether oxygens (including phenoxy) is 2. The second-order valence-electron chi connectivity index (χ2n) is 5.59. The fourth-order valence-electron chi connectivity index (χ4n) is 3.80. The van der Waals surface area contributed by atoms with Crippen LogP contribution in [0.2, 0.25) is 0 Å². The van der Waals surface area contributed by atoms with Crippen LogP contribution >= 0.6 is 0 Å². The summed E-state index contributed by atoms with van der Waals surface area (Å²) < 4.78 is 11.1. The lowest BCUT2D eigenvalue weighted by Gasteiger charge is -2.29. The molecule has 1 aliphatic heterocycles. The van der Waals surface area contributed by atoms with E-state index in [2.05, 4.69) is 13.2 Å². The second kappa shape index (κ2) is 3.62. The maximum absolute atomic E-state index is 11.6. The summed E-state index contributed by atoms with van der Waals surface area (Å²) in [5.74, 6) is 2.74. The summed E-state index contributed by atoms with van der Waals surface area (Å²) >= 11 is 0. The number of fused-ring (bicyclic) bond motifs is 5. The molecule has 0 aromatic rings. The van der Waals surface area contributed by atoms with Gasteiger partial charge < -0.3 is 9.47 Å². The zero-order valence-corrected chi connectivity index (χ0v) is 10.1. The average Bonchev–Trinajstić information content (AvgIpc) is 2.91. The van der Waals surface area contributed by atoms with E-state index in [9.17, 15) is 4.79 Å². The molecule has 0 aromatic carbocycles. The Morgan fingerprint density at radius 1 is 1.41 bits per heavy atom. The van der Waals surface area contributed by atoms with E-state index in [0.29, 0.717) is 29.2 Å². The third-order valence-electron chi connectivity index (χ3n) is 4.56. The van der Waals surface area contributed by atoms with Crippen LogP contribution in [0.1, 0.15) is 19.8 Å². The Bertz CT molecular complexity index is 398. The molecule has 17 heavy (non-hydrogen) atoms. The first-order valence-corrected chi connectivity index (χ1v) is 6.26. The summed E-state index contributed by atoms with van der Waals surface area (Å²) in [6.07, 6.45) is 2.19. The summed E-state index contributed by atoms with van der Waals surface area (Å²) in [6, 6.07) is 0. The Morgan fingerprint density at radius 2 is 2.18 bits per heavy atom. The van der Waals surface area contributed by atoms with Gasteiger partial charge in [-0.25, -0.2) is 4.79 Å². The molecule has 1 saturated heterocycles. The van der Waals surface area contributed by atoms with Gasteiger partial charge in [0.05, 0.1) is 12.4 Å². The zero-order chi connectivity index (χ0) is 12.2. The number of hydrogen-bond acceptors (Lipinski definition) is 3. The smallest absolute Gasteiger partial charge is 0.333 e. The standard InChI is InChI=1S/C14H18O3/c1-7(2)14(15)17-12-5-9-4-10(12)13-8(3)16-6-11(9)13/h9-13H,1,3-6H2,2H3. The lowest BCUT2D eigenvalue weighted by Crippen LogP contribution is -2.33. The van der Waals surface area contributed by atoms with Gasteiger partial charge in [-0.2, -0.15) is 0 Å². The van der Waals surface area contributed by atoms with Crippen LogP contribution < -0.4 is 0 Å². The van der Waals surface area contributed by atoms with Gasteiger partial charge in [0.1, 0.15) is 6.10 Å². The van der Waals surface area contributed by atoms with E-state index in [4.69, 9.17) is 9.47 Å². The SMILES string of the molecule is C=C(C)C(=O)OC1CC2CC1C1C(=C)OCC21. The molecule has 2 aliphatic carbocycles. The van der Waals surface area contributed by atoms with Crippen LogP contribution in [0.25, 0.3) is 0 Å². The molecule has 0 aromatic heterocycles. The number of esters is 1. The highest BCUT2D eigenvalue weighted by Gasteiger charge is 2.57. The van der Waals surface area contributed by atoms with Gasteiger partial charge in [0.25, 0.3) is 0 Å². The molecule has 3 heteroatoms. The molecular weight excluding hydrogens is 216 g/mol. The number of rotatable bonds is 2. The first kappa shape index (κ1) is 10.9. The van der Waals surface area contributed by atoms with Gasteiger partial charge in [-0.1, -0.05) is 13.2 Å². The van der Waals surface area contributed by atoms with E-state index < -0.39 is 0 Å². The number of carbonyl (C=O) groups is 1. The molecule has 0 radical (unpaired) electrons. The molecule has 0 N–H and O–H groups in total. The maximum atomic E-state index is 11.6. The van der Waals surface area contributed by atoms with Crippen LogP contribution in [0.3, 0.4) is 0 Å². The minimum atomic E-state index is -0.261. The Hall–Kier alpha value is -1.25. The highest BCUT2D eigenvalue weighted by atomic mass is 16.5. The molecule has 3 rings (SSSR count). The molecule has 5 atom stereocenters. The van der Waals surface area contributed by atoms with Crippen molar-refractivity contribution < 1.29 is 14.3 Å².